The lowest BCUT2D eigenvalue weighted by molar-refractivity contribution is 0.175. The SMILES string of the molecule is c1ccc(CN2CCc3c(ncnc3N3CCC(N4CCCCCC4)CC3)C2)cc1. The number of benzene rings is 1. The zero-order chi connectivity index (χ0) is 20.2. The molecule has 0 aliphatic carbocycles. The first-order valence-corrected chi connectivity index (χ1v) is 11.9. The lowest BCUT2D eigenvalue weighted by Crippen LogP contribution is -2.46. The maximum absolute atomic E-state index is 4.76. The molecule has 4 heterocycles. The fourth-order valence-corrected chi connectivity index (χ4v) is 5.54. The Labute approximate surface area is 181 Å². The molecule has 30 heavy (non-hydrogen) atoms. The summed E-state index contributed by atoms with van der Waals surface area (Å²) in [6, 6.07) is 11.6. The Bertz CT molecular complexity index is 808. The lowest BCUT2D eigenvalue weighted by atomic mass is 10.00. The van der Waals surface area contributed by atoms with Gasteiger partial charge in [-0.05, 0) is 50.8 Å². The van der Waals surface area contributed by atoms with Gasteiger partial charge < -0.3 is 9.80 Å². The first kappa shape index (κ1) is 20.0. The third-order valence-corrected chi connectivity index (χ3v) is 7.23. The molecule has 3 aliphatic rings. The van der Waals surface area contributed by atoms with Gasteiger partial charge in [0.15, 0.2) is 0 Å². The zero-order valence-electron chi connectivity index (χ0n) is 18.2. The molecule has 160 valence electrons. The van der Waals surface area contributed by atoms with Gasteiger partial charge in [0, 0.05) is 44.3 Å². The summed E-state index contributed by atoms with van der Waals surface area (Å²) >= 11 is 0. The number of hydrogen-bond acceptors (Lipinski definition) is 5. The number of rotatable bonds is 4. The largest absolute Gasteiger partial charge is 0.356 e. The normalized spacial score (nSPS) is 21.9. The fraction of sp³-hybridized carbons (Fsp3) is 0.600. The van der Waals surface area contributed by atoms with Gasteiger partial charge in [0.1, 0.15) is 12.1 Å². The van der Waals surface area contributed by atoms with Gasteiger partial charge in [0.2, 0.25) is 0 Å². The molecular formula is C25H35N5. The third-order valence-electron chi connectivity index (χ3n) is 7.23. The van der Waals surface area contributed by atoms with Crippen LogP contribution in [0.15, 0.2) is 36.7 Å². The van der Waals surface area contributed by atoms with Crippen molar-refractivity contribution < 1.29 is 0 Å². The number of piperidine rings is 1. The van der Waals surface area contributed by atoms with Crippen LogP contribution in [0.5, 0.6) is 0 Å². The van der Waals surface area contributed by atoms with E-state index in [2.05, 4.69) is 50.0 Å². The smallest absolute Gasteiger partial charge is 0.135 e. The maximum atomic E-state index is 4.76. The number of fused-ring (bicyclic) bond motifs is 1. The van der Waals surface area contributed by atoms with Gasteiger partial charge in [0.25, 0.3) is 0 Å². The Morgan fingerprint density at radius 1 is 0.833 bits per heavy atom. The molecule has 0 unspecified atom stereocenters. The number of likely N-dealkylation sites (tertiary alicyclic amines) is 1. The second kappa shape index (κ2) is 9.44. The van der Waals surface area contributed by atoms with Crippen molar-refractivity contribution in [1.82, 2.24) is 19.8 Å². The predicted molar refractivity (Wildman–Crippen MR) is 122 cm³/mol. The molecule has 0 radical (unpaired) electrons. The molecule has 0 amide bonds. The van der Waals surface area contributed by atoms with E-state index >= 15 is 0 Å². The van der Waals surface area contributed by atoms with Crippen molar-refractivity contribution in [2.75, 3.05) is 37.6 Å². The number of nitrogens with zero attached hydrogens (tertiary/aromatic N) is 5. The summed E-state index contributed by atoms with van der Waals surface area (Å²) in [5.74, 6) is 1.22. The second-order valence-corrected chi connectivity index (χ2v) is 9.24. The van der Waals surface area contributed by atoms with E-state index in [9.17, 15) is 0 Å². The van der Waals surface area contributed by atoms with Gasteiger partial charge in [-0.15, -0.1) is 0 Å². The van der Waals surface area contributed by atoms with E-state index in [4.69, 9.17) is 4.98 Å². The van der Waals surface area contributed by atoms with Crippen molar-refractivity contribution in [3.05, 3.63) is 53.5 Å². The maximum Gasteiger partial charge on any atom is 0.135 e. The Morgan fingerprint density at radius 3 is 2.37 bits per heavy atom. The number of anilines is 1. The standard InChI is InChI=1S/C25H35N5/c1-2-7-14-29(13-6-1)22-10-16-30(17-11-22)25-23-12-15-28(19-24(23)26-20-27-25)18-21-8-4-3-5-9-21/h3-5,8-9,20,22H,1-2,6-7,10-19H2. The van der Waals surface area contributed by atoms with Crippen LogP contribution in [0.25, 0.3) is 0 Å². The van der Waals surface area contributed by atoms with E-state index in [-0.39, 0.29) is 0 Å². The van der Waals surface area contributed by atoms with E-state index in [1.54, 1.807) is 6.33 Å². The molecule has 3 aliphatic heterocycles. The van der Waals surface area contributed by atoms with Gasteiger partial charge >= 0.3 is 0 Å². The minimum atomic E-state index is 0.776. The van der Waals surface area contributed by atoms with Crippen LogP contribution in [-0.4, -0.2) is 58.5 Å². The minimum absolute atomic E-state index is 0.776. The second-order valence-electron chi connectivity index (χ2n) is 9.24. The average molecular weight is 406 g/mol. The molecule has 5 rings (SSSR count). The van der Waals surface area contributed by atoms with E-state index < -0.39 is 0 Å². The molecule has 2 fully saturated rings. The van der Waals surface area contributed by atoms with Crippen molar-refractivity contribution >= 4 is 5.82 Å². The number of hydrogen-bond donors (Lipinski definition) is 0. The van der Waals surface area contributed by atoms with Crippen LogP contribution in [0.1, 0.15) is 55.3 Å². The van der Waals surface area contributed by atoms with Crippen LogP contribution in [0.2, 0.25) is 0 Å². The topological polar surface area (TPSA) is 35.5 Å². The molecule has 5 nitrogen and oxygen atoms in total. The molecule has 2 aromatic rings. The van der Waals surface area contributed by atoms with Gasteiger partial charge in [-0.25, -0.2) is 9.97 Å². The highest BCUT2D eigenvalue weighted by molar-refractivity contribution is 5.50. The molecule has 0 spiro atoms. The summed E-state index contributed by atoms with van der Waals surface area (Å²) in [5, 5.41) is 0. The van der Waals surface area contributed by atoms with Crippen LogP contribution in [-0.2, 0) is 19.5 Å². The highest BCUT2D eigenvalue weighted by Crippen LogP contribution is 2.29. The molecular weight excluding hydrogens is 370 g/mol. The highest BCUT2D eigenvalue weighted by atomic mass is 15.2. The molecule has 1 aromatic carbocycles. The average Bonchev–Trinajstić information content (AvgIpc) is 3.09. The lowest BCUT2D eigenvalue weighted by Gasteiger charge is -2.40. The Balaban J connectivity index is 1.22. The number of aromatic nitrogens is 2. The Morgan fingerprint density at radius 2 is 1.60 bits per heavy atom. The summed E-state index contributed by atoms with van der Waals surface area (Å²) in [6.45, 7) is 7.92. The van der Waals surface area contributed by atoms with Crippen LogP contribution in [0.3, 0.4) is 0 Å². The Kier molecular flexibility index (Phi) is 6.28. The van der Waals surface area contributed by atoms with E-state index in [0.29, 0.717) is 0 Å². The van der Waals surface area contributed by atoms with Crippen molar-refractivity contribution in [3.8, 4) is 0 Å². The van der Waals surface area contributed by atoms with E-state index in [1.807, 2.05) is 0 Å². The van der Waals surface area contributed by atoms with Gasteiger partial charge in [0.05, 0.1) is 5.69 Å². The van der Waals surface area contributed by atoms with Crippen LogP contribution >= 0.6 is 0 Å². The van der Waals surface area contributed by atoms with Gasteiger partial charge in [-0.3, -0.25) is 4.90 Å². The first-order valence-electron chi connectivity index (χ1n) is 11.9. The molecule has 2 saturated heterocycles. The predicted octanol–water partition coefficient (Wildman–Crippen LogP) is 3.88. The molecule has 0 saturated carbocycles. The highest BCUT2D eigenvalue weighted by Gasteiger charge is 2.29. The van der Waals surface area contributed by atoms with Crippen LogP contribution in [0.4, 0.5) is 5.82 Å². The molecule has 1 aromatic heterocycles. The third kappa shape index (κ3) is 4.52. The van der Waals surface area contributed by atoms with Gasteiger partial charge in [-0.1, -0.05) is 43.2 Å². The Hall–Kier alpha value is -1.98. The monoisotopic (exact) mass is 405 g/mol. The van der Waals surface area contributed by atoms with Gasteiger partial charge in [-0.2, -0.15) is 0 Å². The summed E-state index contributed by atoms with van der Waals surface area (Å²) in [4.78, 5) is 17.3. The molecule has 0 atom stereocenters. The molecule has 0 N–H and O–H groups in total. The van der Waals surface area contributed by atoms with Crippen molar-refractivity contribution in [3.63, 3.8) is 0 Å². The quantitative estimate of drug-likeness (QED) is 0.771. The summed E-state index contributed by atoms with van der Waals surface area (Å²) < 4.78 is 0. The molecule has 5 heteroatoms. The van der Waals surface area contributed by atoms with Crippen molar-refractivity contribution in [1.29, 1.82) is 0 Å². The van der Waals surface area contributed by atoms with E-state index in [0.717, 1.165) is 45.2 Å². The molecule has 0 bridgehead atoms. The first-order chi connectivity index (χ1) is 14.9. The summed E-state index contributed by atoms with van der Waals surface area (Å²) in [7, 11) is 0. The van der Waals surface area contributed by atoms with Crippen molar-refractivity contribution in [2.24, 2.45) is 0 Å². The van der Waals surface area contributed by atoms with Crippen molar-refractivity contribution in [2.45, 2.75) is 64.1 Å². The van der Waals surface area contributed by atoms with Crippen LogP contribution < -0.4 is 4.90 Å². The zero-order valence-corrected chi connectivity index (χ0v) is 18.2. The fourth-order valence-electron chi connectivity index (χ4n) is 5.54. The summed E-state index contributed by atoms with van der Waals surface area (Å²) in [5.41, 5.74) is 4.01. The summed E-state index contributed by atoms with van der Waals surface area (Å²) in [6.07, 6.45) is 11.0. The van der Waals surface area contributed by atoms with Crippen LogP contribution in [0, 0.1) is 0 Å². The minimum Gasteiger partial charge on any atom is -0.356 e. The van der Waals surface area contributed by atoms with E-state index in [1.165, 1.54) is 74.3 Å².